The number of carbonyl (C=O) groups is 1. The van der Waals surface area contributed by atoms with Crippen molar-refractivity contribution in [1.82, 2.24) is 15.1 Å². The van der Waals surface area contributed by atoms with Crippen LogP contribution < -0.4 is 10.1 Å². The van der Waals surface area contributed by atoms with E-state index in [1.807, 2.05) is 0 Å². The van der Waals surface area contributed by atoms with Gasteiger partial charge in [-0.2, -0.15) is 5.10 Å². The summed E-state index contributed by atoms with van der Waals surface area (Å²) in [5.41, 5.74) is 0.282. The van der Waals surface area contributed by atoms with Gasteiger partial charge in [-0.05, 0) is 31.0 Å². The smallest absolute Gasteiger partial charge is 0.271 e. The van der Waals surface area contributed by atoms with Crippen LogP contribution in [0.1, 0.15) is 23.3 Å². The summed E-state index contributed by atoms with van der Waals surface area (Å²) in [6, 6.07) is 4.87. The van der Waals surface area contributed by atoms with E-state index in [9.17, 15) is 13.6 Å². The molecule has 1 amide bonds. The van der Waals surface area contributed by atoms with Crippen LogP contribution in [-0.2, 0) is 6.73 Å². The van der Waals surface area contributed by atoms with Gasteiger partial charge in [0.05, 0.1) is 0 Å². The number of nitrogens with zero attached hydrogens (tertiary/aromatic N) is 2. The van der Waals surface area contributed by atoms with Gasteiger partial charge in [0.25, 0.3) is 5.91 Å². The van der Waals surface area contributed by atoms with Crippen molar-refractivity contribution in [2.45, 2.75) is 25.6 Å². The number of carbonyl (C=O) groups excluding carboxylic acids is 1. The molecule has 21 heavy (non-hydrogen) atoms. The van der Waals surface area contributed by atoms with Crippen molar-refractivity contribution in [1.29, 1.82) is 0 Å². The van der Waals surface area contributed by atoms with Gasteiger partial charge < -0.3 is 10.1 Å². The number of hydrogen-bond acceptors (Lipinski definition) is 3. The fourth-order valence-electron chi connectivity index (χ4n) is 1.77. The lowest BCUT2D eigenvalue weighted by Crippen LogP contribution is -2.26. The molecule has 0 saturated heterocycles. The van der Waals surface area contributed by atoms with E-state index in [0.717, 1.165) is 25.0 Å². The highest BCUT2D eigenvalue weighted by Gasteiger charge is 2.24. The summed E-state index contributed by atoms with van der Waals surface area (Å²) in [5, 5.41) is 6.85. The van der Waals surface area contributed by atoms with Crippen LogP contribution >= 0.6 is 0 Å². The first kappa shape index (κ1) is 13.5. The number of amides is 1. The van der Waals surface area contributed by atoms with E-state index in [-0.39, 0.29) is 30.1 Å². The van der Waals surface area contributed by atoms with Crippen LogP contribution in [-0.4, -0.2) is 21.7 Å². The molecule has 0 atom stereocenters. The minimum Gasteiger partial charge on any atom is -0.468 e. The lowest BCUT2D eigenvalue weighted by molar-refractivity contribution is 0.0944. The van der Waals surface area contributed by atoms with Gasteiger partial charge in [0, 0.05) is 18.3 Å². The Balaban J connectivity index is 1.60. The summed E-state index contributed by atoms with van der Waals surface area (Å²) in [5.74, 6) is -1.76. The first-order chi connectivity index (χ1) is 10.1. The molecule has 0 spiro atoms. The Hall–Kier alpha value is -2.44. The molecule has 5 nitrogen and oxygen atoms in total. The van der Waals surface area contributed by atoms with Crippen molar-refractivity contribution < 1.29 is 18.3 Å². The van der Waals surface area contributed by atoms with E-state index >= 15 is 0 Å². The fraction of sp³-hybridized carbons (Fsp3) is 0.286. The van der Waals surface area contributed by atoms with Crippen LogP contribution in [0.3, 0.4) is 0 Å². The highest BCUT2D eigenvalue weighted by atomic mass is 19.1. The topological polar surface area (TPSA) is 56.2 Å². The minimum absolute atomic E-state index is 0.0702. The van der Waals surface area contributed by atoms with Crippen molar-refractivity contribution in [2.24, 2.45) is 0 Å². The quantitative estimate of drug-likeness (QED) is 0.918. The van der Waals surface area contributed by atoms with E-state index < -0.39 is 11.6 Å². The normalized spacial score (nSPS) is 14.0. The Morgan fingerprint density at radius 2 is 2.19 bits per heavy atom. The third-order valence-corrected chi connectivity index (χ3v) is 3.03. The van der Waals surface area contributed by atoms with Gasteiger partial charge >= 0.3 is 0 Å². The zero-order valence-electron chi connectivity index (χ0n) is 11.1. The Morgan fingerprint density at radius 1 is 1.38 bits per heavy atom. The molecule has 110 valence electrons. The first-order valence-electron chi connectivity index (χ1n) is 6.54. The van der Waals surface area contributed by atoms with Gasteiger partial charge in [0.2, 0.25) is 0 Å². The molecule has 0 aliphatic heterocycles. The minimum atomic E-state index is -0.783. The maximum absolute atomic E-state index is 13.4. The third-order valence-electron chi connectivity index (χ3n) is 3.03. The Morgan fingerprint density at radius 3 is 2.90 bits per heavy atom. The van der Waals surface area contributed by atoms with Crippen LogP contribution in [0, 0.1) is 11.6 Å². The van der Waals surface area contributed by atoms with Gasteiger partial charge in [0.1, 0.15) is 11.5 Å². The molecule has 0 unspecified atom stereocenters. The Labute approximate surface area is 119 Å². The number of halogens is 2. The molecule has 1 aliphatic rings. The molecule has 7 heteroatoms. The highest BCUT2D eigenvalue weighted by Crippen LogP contribution is 2.19. The highest BCUT2D eigenvalue weighted by molar-refractivity contribution is 5.92. The van der Waals surface area contributed by atoms with Crippen LogP contribution in [0.15, 0.2) is 30.5 Å². The van der Waals surface area contributed by atoms with Crippen molar-refractivity contribution >= 4 is 5.91 Å². The number of benzene rings is 1. The van der Waals surface area contributed by atoms with Crippen molar-refractivity contribution in [3.05, 3.63) is 47.8 Å². The molecule has 1 N–H and O–H groups in total. The second-order valence-electron chi connectivity index (χ2n) is 4.84. The molecule has 0 bridgehead atoms. The van der Waals surface area contributed by atoms with E-state index in [0.29, 0.717) is 0 Å². The van der Waals surface area contributed by atoms with Crippen molar-refractivity contribution in [2.75, 3.05) is 0 Å². The zero-order chi connectivity index (χ0) is 14.8. The van der Waals surface area contributed by atoms with E-state index in [4.69, 9.17) is 4.74 Å². The number of nitrogens with one attached hydrogen (secondary N) is 1. The molecule has 1 aromatic heterocycles. The molecule has 1 aliphatic carbocycles. The average molecular weight is 293 g/mol. The largest absolute Gasteiger partial charge is 0.468 e. The van der Waals surface area contributed by atoms with Crippen molar-refractivity contribution in [3.63, 3.8) is 0 Å². The number of hydrogen-bond donors (Lipinski definition) is 1. The van der Waals surface area contributed by atoms with Crippen LogP contribution in [0.25, 0.3) is 0 Å². The second-order valence-corrected chi connectivity index (χ2v) is 4.84. The van der Waals surface area contributed by atoms with Gasteiger partial charge in [-0.3, -0.25) is 4.79 Å². The molecule has 1 fully saturated rings. The molecule has 1 heterocycles. The lowest BCUT2D eigenvalue weighted by atomic mass is 10.3. The van der Waals surface area contributed by atoms with Crippen LogP contribution in [0.2, 0.25) is 0 Å². The summed E-state index contributed by atoms with van der Waals surface area (Å²) in [6.45, 7) is -0.0702. The SMILES string of the molecule is O=C(NC1CC1)c1ccn(COc2ccc(F)cc2F)n1. The van der Waals surface area contributed by atoms with Gasteiger partial charge in [-0.15, -0.1) is 0 Å². The standard InChI is InChI=1S/C14H13F2N3O2/c15-9-1-4-13(11(16)7-9)21-8-19-6-5-12(18-19)14(20)17-10-2-3-10/h1,4-7,10H,2-3,8H2,(H,17,20). The number of ether oxygens (including phenoxy) is 1. The zero-order valence-corrected chi connectivity index (χ0v) is 11.1. The van der Waals surface area contributed by atoms with Gasteiger partial charge in [0.15, 0.2) is 18.3 Å². The molecular formula is C14H13F2N3O2. The summed E-state index contributed by atoms with van der Waals surface area (Å²) in [6.07, 6.45) is 3.56. The monoisotopic (exact) mass is 293 g/mol. The number of rotatable bonds is 5. The van der Waals surface area contributed by atoms with Crippen LogP contribution in [0.5, 0.6) is 5.75 Å². The molecule has 1 aromatic carbocycles. The van der Waals surface area contributed by atoms with Crippen LogP contribution in [0.4, 0.5) is 8.78 Å². The summed E-state index contributed by atoms with van der Waals surface area (Å²) in [7, 11) is 0. The number of aromatic nitrogens is 2. The fourth-order valence-corrected chi connectivity index (χ4v) is 1.77. The van der Waals surface area contributed by atoms with E-state index in [1.54, 1.807) is 12.3 Å². The first-order valence-corrected chi connectivity index (χ1v) is 6.54. The second kappa shape index (κ2) is 5.51. The predicted octanol–water partition coefficient (Wildman–Crippen LogP) is 2.09. The third kappa shape index (κ3) is 3.36. The predicted molar refractivity (Wildman–Crippen MR) is 69.7 cm³/mol. The summed E-state index contributed by atoms with van der Waals surface area (Å²) >= 11 is 0. The van der Waals surface area contributed by atoms with Gasteiger partial charge in [-0.1, -0.05) is 0 Å². The molecule has 2 aromatic rings. The maximum atomic E-state index is 13.4. The summed E-state index contributed by atoms with van der Waals surface area (Å²) in [4.78, 5) is 11.7. The van der Waals surface area contributed by atoms with Gasteiger partial charge in [-0.25, -0.2) is 13.5 Å². The maximum Gasteiger partial charge on any atom is 0.271 e. The van der Waals surface area contributed by atoms with E-state index in [1.165, 1.54) is 10.7 Å². The summed E-state index contributed by atoms with van der Waals surface area (Å²) < 4.78 is 32.7. The average Bonchev–Trinajstić information content (AvgIpc) is 3.13. The Bertz CT molecular complexity index is 668. The molecular weight excluding hydrogens is 280 g/mol. The molecule has 3 rings (SSSR count). The van der Waals surface area contributed by atoms with E-state index in [2.05, 4.69) is 10.4 Å². The Kier molecular flexibility index (Phi) is 3.55. The van der Waals surface area contributed by atoms with Crippen molar-refractivity contribution in [3.8, 4) is 5.75 Å². The molecule has 1 saturated carbocycles. The molecule has 0 radical (unpaired) electrons. The lowest BCUT2D eigenvalue weighted by Gasteiger charge is -2.07.